The Balaban J connectivity index is 3.08. The molecule has 2 nitrogen and oxygen atoms in total. The van der Waals surface area contributed by atoms with Crippen LogP contribution < -0.4 is 0 Å². The number of carboxylic acids is 1. The third-order valence-corrected chi connectivity index (χ3v) is 2.86. The fraction of sp³-hybridized carbons (Fsp3) is 0.357. The minimum Gasteiger partial charge on any atom is -0.481 e. The van der Waals surface area contributed by atoms with E-state index in [1.165, 1.54) is 5.57 Å². The number of allylic oxidation sites excluding steroid dienone is 2. The molecular weight excluding hydrogens is 200 g/mol. The van der Waals surface area contributed by atoms with Crippen molar-refractivity contribution in [2.45, 2.75) is 33.1 Å². The molecule has 16 heavy (non-hydrogen) atoms. The lowest BCUT2D eigenvalue weighted by atomic mass is 9.95. The van der Waals surface area contributed by atoms with Crippen molar-refractivity contribution in [3.63, 3.8) is 0 Å². The van der Waals surface area contributed by atoms with Crippen molar-refractivity contribution in [1.29, 1.82) is 0 Å². The Morgan fingerprint density at radius 3 is 2.69 bits per heavy atom. The zero-order chi connectivity index (χ0) is 12.1. The van der Waals surface area contributed by atoms with Crippen LogP contribution in [-0.2, 0) is 4.79 Å². The van der Waals surface area contributed by atoms with Crippen LogP contribution >= 0.6 is 0 Å². The number of carbonyl (C=O) groups is 1. The van der Waals surface area contributed by atoms with Crippen LogP contribution in [0, 0.1) is 0 Å². The molecule has 0 radical (unpaired) electrons. The molecule has 0 bridgehead atoms. The van der Waals surface area contributed by atoms with Gasteiger partial charge in [-0.25, -0.2) is 0 Å². The molecular formula is C14H18O2. The number of benzene rings is 1. The van der Waals surface area contributed by atoms with Gasteiger partial charge in [0.15, 0.2) is 0 Å². The van der Waals surface area contributed by atoms with Gasteiger partial charge >= 0.3 is 5.97 Å². The van der Waals surface area contributed by atoms with Crippen LogP contribution in [-0.4, -0.2) is 11.1 Å². The Labute approximate surface area is 96.6 Å². The van der Waals surface area contributed by atoms with Crippen LogP contribution in [0.1, 0.15) is 44.2 Å². The Bertz CT molecular complexity index is 405. The molecule has 0 amide bonds. The number of rotatable bonds is 4. The van der Waals surface area contributed by atoms with E-state index in [0.29, 0.717) is 0 Å². The van der Waals surface area contributed by atoms with Gasteiger partial charge in [-0.05, 0) is 37.0 Å². The molecule has 1 aromatic carbocycles. The number of carboxylic acid groups (broad SMARTS) is 1. The third-order valence-electron chi connectivity index (χ3n) is 2.86. The van der Waals surface area contributed by atoms with E-state index < -0.39 is 11.9 Å². The predicted molar refractivity (Wildman–Crippen MR) is 66.4 cm³/mol. The molecule has 0 saturated carbocycles. The van der Waals surface area contributed by atoms with E-state index >= 15 is 0 Å². The van der Waals surface area contributed by atoms with Gasteiger partial charge in [0.05, 0.1) is 5.92 Å². The topological polar surface area (TPSA) is 37.3 Å². The van der Waals surface area contributed by atoms with Crippen LogP contribution in [0.15, 0.2) is 30.3 Å². The Kier molecular flexibility index (Phi) is 4.29. The van der Waals surface area contributed by atoms with Crippen molar-refractivity contribution in [2.24, 2.45) is 0 Å². The van der Waals surface area contributed by atoms with Crippen molar-refractivity contribution < 1.29 is 9.90 Å². The quantitative estimate of drug-likeness (QED) is 0.836. The Morgan fingerprint density at radius 1 is 1.50 bits per heavy atom. The second-order valence-corrected chi connectivity index (χ2v) is 3.85. The zero-order valence-corrected chi connectivity index (χ0v) is 10.0. The molecule has 1 aromatic rings. The summed E-state index contributed by atoms with van der Waals surface area (Å²) < 4.78 is 0. The van der Waals surface area contributed by atoms with Crippen LogP contribution in [0.25, 0.3) is 5.57 Å². The highest BCUT2D eigenvalue weighted by Gasteiger charge is 2.13. The van der Waals surface area contributed by atoms with Gasteiger partial charge in [-0.15, -0.1) is 0 Å². The van der Waals surface area contributed by atoms with E-state index in [-0.39, 0.29) is 0 Å². The summed E-state index contributed by atoms with van der Waals surface area (Å²) in [6, 6.07) is 7.78. The molecule has 0 aromatic heterocycles. The largest absolute Gasteiger partial charge is 0.481 e. The first kappa shape index (κ1) is 12.5. The van der Waals surface area contributed by atoms with Crippen molar-refractivity contribution >= 4 is 11.5 Å². The molecule has 86 valence electrons. The van der Waals surface area contributed by atoms with Crippen molar-refractivity contribution in [3.05, 3.63) is 41.5 Å². The first-order valence-corrected chi connectivity index (χ1v) is 5.58. The summed E-state index contributed by atoms with van der Waals surface area (Å²) >= 11 is 0. The van der Waals surface area contributed by atoms with E-state index in [0.717, 1.165) is 17.5 Å². The SMILES string of the molecule is C/C=C(\CC)c1cccc(C(C)C(=O)O)c1. The summed E-state index contributed by atoms with van der Waals surface area (Å²) in [5.74, 6) is -1.23. The van der Waals surface area contributed by atoms with Crippen LogP contribution in [0.5, 0.6) is 0 Å². The highest BCUT2D eigenvalue weighted by Crippen LogP contribution is 2.23. The smallest absolute Gasteiger partial charge is 0.310 e. The van der Waals surface area contributed by atoms with E-state index in [1.807, 2.05) is 31.2 Å². The van der Waals surface area contributed by atoms with Crippen LogP contribution in [0.3, 0.4) is 0 Å². The molecule has 2 heteroatoms. The molecule has 0 aliphatic rings. The maximum absolute atomic E-state index is 10.9. The van der Waals surface area contributed by atoms with Gasteiger partial charge in [0.2, 0.25) is 0 Å². The molecule has 0 saturated heterocycles. The minimum absolute atomic E-state index is 0.449. The second kappa shape index (κ2) is 5.50. The van der Waals surface area contributed by atoms with Gasteiger partial charge in [-0.2, -0.15) is 0 Å². The number of hydrogen-bond acceptors (Lipinski definition) is 1. The lowest BCUT2D eigenvalue weighted by molar-refractivity contribution is -0.138. The van der Waals surface area contributed by atoms with Gasteiger partial charge < -0.3 is 5.11 Å². The average Bonchev–Trinajstić information content (AvgIpc) is 2.30. The summed E-state index contributed by atoms with van der Waals surface area (Å²) in [5.41, 5.74) is 3.23. The highest BCUT2D eigenvalue weighted by molar-refractivity contribution is 5.76. The van der Waals surface area contributed by atoms with Crippen molar-refractivity contribution in [3.8, 4) is 0 Å². The van der Waals surface area contributed by atoms with Crippen molar-refractivity contribution in [1.82, 2.24) is 0 Å². The molecule has 0 heterocycles. The third kappa shape index (κ3) is 2.72. The molecule has 1 atom stereocenters. The fourth-order valence-electron chi connectivity index (χ4n) is 1.73. The summed E-state index contributed by atoms with van der Waals surface area (Å²) in [4.78, 5) is 10.9. The van der Waals surface area contributed by atoms with E-state index in [9.17, 15) is 4.79 Å². The molecule has 0 fully saturated rings. The average molecular weight is 218 g/mol. The first-order valence-electron chi connectivity index (χ1n) is 5.58. The lowest BCUT2D eigenvalue weighted by Crippen LogP contribution is -2.07. The predicted octanol–water partition coefficient (Wildman–Crippen LogP) is 3.69. The first-order chi connectivity index (χ1) is 7.60. The number of aliphatic carboxylic acids is 1. The van der Waals surface area contributed by atoms with Gasteiger partial charge in [0.1, 0.15) is 0 Å². The molecule has 1 N–H and O–H groups in total. The van der Waals surface area contributed by atoms with Gasteiger partial charge in [0, 0.05) is 0 Å². The zero-order valence-electron chi connectivity index (χ0n) is 10.0. The maximum atomic E-state index is 10.9. The summed E-state index contributed by atoms with van der Waals surface area (Å²) in [5, 5.41) is 8.96. The lowest BCUT2D eigenvalue weighted by Gasteiger charge is -2.10. The molecule has 0 spiro atoms. The summed E-state index contributed by atoms with van der Waals surface area (Å²) in [7, 11) is 0. The standard InChI is InChI=1S/C14H18O2/c1-4-11(5-2)13-8-6-7-12(9-13)10(3)14(15)16/h4,6-10H,5H2,1-3H3,(H,15,16)/b11-4+. The minimum atomic E-state index is -0.782. The van der Waals surface area contributed by atoms with Crippen LogP contribution in [0.4, 0.5) is 0 Å². The molecule has 1 unspecified atom stereocenters. The highest BCUT2D eigenvalue weighted by atomic mass is 16.4. The monoisotopic (exact) mass is 218 g/mol. The van der Waals surface area contributed by atoms with E-state index in [1.54, 1.807) is 6.92 Å². The fourth-order valence-corrected chi connectivity index (χ4v) is 1.73. The maximum Gasteiger partial charge on any atom is 0.310 e. The normalized spacial score (nSPS) is 13.6. The van der Waals surface area contributed by atoms with Gasteiger partial charge in [-0.1, -0.05) is 37.3 Å². The van der Waals surface area contributed by atoms with E-state index in [4.69, 9.17) is 5.11 Å². The van der Waals surface area contributed by atoms with Gasteiger partial charge in [0.25, 0.3) is 0 Å². The van der Waals surface area contributed by atoms with E-state index in [2.05, 4.69) is 13.0 Å². The second-order valence-electron chi connectivity index (χ2n) is 3.85. The Hall–Kier alpha value is -1.57. The molecule has 0 aliphatic carbocycles. The van der Waals surface area contributed by atoms with Crippen molar-refractivity contribution in [2.75, 3.05) is 0 Å². The summed E-state index contributed by atoms with van der Waals surface area (Å²) in [6.07, 6.45) is 3.03. The molecule has 1 rings (SSSR count). The number of hydrogen-bond donors (Lipinski definition) is 1. The van der Waals surface area contributed by atoms with Crippen LogP contribution in [0.2, 0.25) is 0 Å². The Morgan fingerprint density at radius 2 is 2.19 bits per heavy atom. The summed E-state index contributed by atoms with van der Waals surface area (Å²) in [6.45, 7) is 5.82. The molecule has 0 aliphatic heterocycles. The van der Waals surface area contributed by atoms with Gasteiger partial charge in [-0.3, -0.25) is 4.79 Å².